The first-order chi connectivity index (χ1) is 30.9. The maximum atomic E-state index is 13.8. The fourth-order valence-corrected chi connectivity index (χ4v) is 12.5. The number of rotatable bonds is 12. The second-order valence-electron chi connectivity index (χ2n) is 19.7. The van der Waals surface area contributed by atoms with E-state index in [9.17, 15) is 30.0 Å². The van der Waals surface area contributed by atoms with E-state index in [0.29, 0.717) is 32.1 Å². The molecule has 1 aromatic carbocycles. The summed E-state index contributed by atoms with van der Waals surface area (Å²) in [5, 5.41) is 49.8. The smallest absolute Gasteiger partial charge is 0.340 e. The van der Waals surface area contributed by atoms with E-state index in [0.717, 1.165) is 11.1 Å². The van der Waals surface area contributed by atoms with Gasteiger partial charge in [-0.25, -0.2) is 9.59 Å². The molecule has 0 bridgehead atoms. The number of carbonyl (C=O) groups is 2. The minimum atomic E-state index is -1.98. The Morgan fingerprint density at radius 2 is 1.60 bits per heavy atom. The van der Waals surface area contributed by atoms with Crippen molar-refractivity contribution < 1.29 is 67.9 Å². The summed E-state index contributed by atoms with van der Waals surface area (Å²) >= 11 is 0. The number of carbonyl (C=O) groups excluding carboxylic acids is 2. The zero-order valence-electron chi connectivity index (χ0n) is 38.5. The van der Waals surface area contributed by atoms with Crippen LogP contribution in [0.4, 0.5) is 0 Å². The van der Waals surface area contributed by atoms with Gasteiger partial charge in [0.2, 0.25) is 0 Å². The first-order valence-electron chi connectivity index (χ1n) is 23.2. The SMILES string of the molecule is CO[C@H]1C[C@H](O[C@H]2CC[C@@]3(C)C(=CC[C@]4(O)[C@@H]3C[C@@H](OC(=O)C=Cc3ccccc3)[C@@]3(C)[C@]4(O)CC[C@@]3(O)[C@H](C)OC(=O)c3cccnc3)C2)O[C@H](C)[C@H]1O[C@H]1C[C@@H](OC)[C@H](O)[C@@H](C)O1. The van der Waals surface area contributed by atoms with Gasteiger partial charge < -0.3 is 58.3 Å². The van der Waals surface area contributed by atoms with Gasteiger partial charge in [-0.15, -0.1) is 0 Å². The van der Waals surface area contributed by atoms with Gasteiger partial charge in [-0.05, 0) is 94.9 Å². The number of aromatic nitrogens is 1. The molecular weight excluding hydrogens is 839 g/mol. The molecule has 0 spiro atoms. The lowest BCUT2D eigenvalue weighted by Gasteiger charge is -2.67. The van der Waals surface area contributed by atoms with Crippen LogP contribution in [0.25, 0.3) is 6.08 Å². The quantitative estimate of drug-likeness (QED) is 0.123. The molecule has 356 valence electrons. The molecule has 4 aliphatic carbocycles. The van der Waals surface area contributed by atoms with E-state index in [4.69, 9.17) is 37.9 Å². The number of nitrogens with zero attached hydrogens (tertiary/aromatic N) is 1. The number of hydrogen-bond donors (Lipinski definition) is 4. The third kappa shape index (κ3) is 8.31. The van der Waals surface area contributed by atoms with Crippen LogP contribution in [-0.2, 0) is 42.7 Å². The average molecular weight is 906 g/mol. The number of ether oxygens (including phenoxy) is 8. The fourth-order valence-electron chi connectivity index (χ4n) is 12.5. The predicted octanol–water partition coefficient (Wildman–Crippen LogP) is 5.22. The van der Waals surface area contributed by atoms with Gasteiger partial charge in [0.25, 0.3) is 0 Å². The summed E-state index contributed by atoms with van der Waals surface area (Å²) in [5.41, 5.74) is -5.95. The predicted molar refractivity (Wildman–Crippen MR) is 235 cm³/mol. The number of aliphatic hydroxyl groups is 4. The molecule has 1 aromatic heterocycles. The summed E-state index contributed by atoms with van der Waals surface area (Å²) in [7, 11) is 3.20. The van der Waals surface area contributed by atoms with E-state index in [1.807, 2.05) is 43.3 Å². The molecule has 4 N–H and O–H groups in total. The van der Waals surface area contributed by atoms with Crippen LogP contribution in [0.15, 0.2) is 72.6 Å². The molecule has 5 fully saturated rings. The van der Waals surface area contributed by atoms with Crippen molar-refractivity contribution in [2.45, 2.75) is 177 Å². The molecule has 3 heterocycles. The lowest BCUT2D eigenvalue weighted by Crippen LogP contribution is -2.78. The number of esters is 2. The molecular formula is C50H67NO14. The Labute approximate surface area is 381 Å². The van der Waals surface area contributed by atoms with Gasteiger partial charge in [-0.2, -0.15) is 0 Å². The van der Waals surface area contributed by atoms with Gasteiger partial charge in [0, 0.05) is 51.4 Å². The van der Waals surface area contributed by atoms with E-state index in [-0.39, 0.29) is 43.5 Å². The highest BCUT2D eigenvalue weighted by atomic mass is 16.7. The Balaban J connectivity index is 1.02. The van der Waals surface area contributed by atoms with E-state index in [1.54, 1.807) is 53.2 Å². The first kappa shape index (κ1) is 47.9. The van der Waals surface area contributed by atoms with E-state index >= 15 is 0 Å². The number of methoxy groups -OCH3 is 2. The van der Waals surface area contributed by atoms with E-state index < -0.39 is 101 Å². The number of fused-ring (bicyclic) bond motifs is 5. The van der Waals surface area contributed by atoms with Crippen molar-refractivity contribution in [2.24, 2.45) is 16.7 Å². The first-order valence-corrected chi connectivity index (χ1v) is 23.2. The van der Waals surface area contributed by atoms with Gasteiger partial charge in [0.05, 0.1) is 41.5 Å². The van der Waals surface area contributed by atoms with Crippen molar-refractivity contribution in [3.63, 3.8) is 0 Å². The van der Waals surface area contributed by atoms with Crippen LogP contribution in [0.2, 0.25) is 0 Å². The van der Waals surface area contributed by atoms with Crippen molar-refractivity contribution in [1.82, 2.24) is 4.98 Å². The summed E-state index contributed by atoms with van der Waals surface area (Å²) in [6.45, 7) is 9.04. The van der Waals surface area contributed by atoms with Crippen molar-refractivity contribution in [1.29, 1.82) is 0 Å². The van der Waals surface area contributed by atoms with Gasteiger partial charge >= 0.3 is 11.9 Å². The molecule has 2 saturated heterocycles. The van der Waals surface area contributed by atoms with Crippen LogP contribution in [0, 0.1) is 16.7 Å². The van der Waals surface area contributed by atoms with Crippen LogP contribution >= 0.6 is 0 Å². The summed E-state index contributed by atoms with van der Waals surface area (Å²) in [6.07, 6.45) is 3.99. The zero-order valence-corrected chi connectivity index (χ0v) is 38.5. The fraction of sp³-hybridized carbons (Fsp3) is 0.660. The van der Waals surface area contributed by atoms with E-state index in [2.05, 4.69) is 11.9 Å². The molecule has 8 rings (SSSR count). The molecule has 6 aliphatic rings. The maximum absolute atomic E-state index is 13.8. The average Bonchev–Trinajstić information content (AvgIpc) is 3.53. The third-order valence-corrected chi connectivity index (χ3v) is 16.5. The molecule has 0 radical (unpaired) electrons. The maximum Gasteiger partial charge on any atom is 0.340 e. The second-order valence-corrected chi connectivity index (χ2v) is 19.7. The Hall–Kier alpha value is -3.61. The topological polar surface area (TPSA) is 202 Å². The second kappa shape index (κ2) is 18.5. The van der Waals surface area contributed by atoms with Crippen LogP contribution in [0.3, 0.4) is 0 Å². The van der Waals surface area contributed by atoms with Crippen molar-refractivity contribution in [3.05, 3.63) is 83.7 Å². The normalized spacial score (nSPS) is 43.1. The Morgan fingerprint density at radius 3 is 2.31 bits per heavy atom. The van der Waals surface area contributed by atoms with Crippen molar-refractivity contribution in [2.75, 3.05) is 14.2 Å². The van der Waals surface area contributed by atoms with Crippen LogP contribution in [0.1, 0.15) is 108 Å². The molecule has 17 atom stereocenters. The largest absolute Gasteiger partial charge is 0.458 e. The summed E-state index contributed by atoms with van der Waals surface area (Å²) in [4.78, 5) is 31.2. The molecule has 65 heavy (non-hydrogen) atoms. The number of hydrogen-bond acceptors (Lipinski definition) is 15. The van der Waals surface area contributed by atoms with Gasteiger partial charge in [0.1, 0.15) is 41.2 Å². The number of aliphatic hydroxyl groups excluding tert-OH is 1. The number of benzene rings is 1. The number of pyridine rings is 1. The Kier molecular flexibility index (Phi) is 13.6. The zero-order chi connectivity index (χ0) is 46.5. The molecule has 15 heteroatoms. The summed E-state index contributed by atoms with van der Waals surface area (Å²) in [6, 6.07) is 12.5. The molecule has 0 unspecified atom stereocenters. The minimum Gasteiger partial charge on any atom is -0.458 e. The third-order valence-electron chi connectivity index (χ3n) is 16.5. The van der Waals surface area contributed by atoms with E-state index in [1.165, 1.54) is 18.5 Å². The minimum absolute atomic E-state index is 0.0363. The van der Waals surface area contributed by atoms with Crippen LogP contribution in [0.5, 0.6) is 0 Å². The molecule has 3 saturated carbocycles. The molecule has 15 nitrogen and oxygen atoms in total. The standard InChI is InChI=1S/C50H67NO14/c1-29-43(53)36(58-6)25-42(60-29)65-44-30(2)61-41(26-37(44)59-7)63-35-18-19-46(4)34(24-35)17-20-49(56)38(46)27-39(64-40(52)16-15-32-12-9-8-10-13-32)47(5)48(55,21-22-50(47,49)57)31(3)62-45(54)33-14-11-23-51-28-33/h8-17,23,28-31,35-39,41-44,53,55-57H,18-22,24-27H2,1-7H3/t29-,30-,31+,35+,36-,37+,38-,39-,41+,42+,43-,44-,46+,47-,48-,49+,50-/m1/s1. The lowest BCUT2D eigenvalue weighted by atomic mass is 9.42. The van der Waals surface area contributed by atoms with Gasteiger partial charge in [-0.1, -0.05) is 55.8 Å². The highest BCUT2D eigenvalue weighted by Gasteiger charge is 2.81. The highest BCUT2D eigenvalue weighted by Crippen LogP contribution is 2.71. The molecule has 0 amide bonds. The summed E-state index contributed by atoms with van der Waals surface area (Å²) < 4.78 is 49.2. The van der Waals surface area contributed by atoms with Crippen molar-refractivity contribution in [3.8, 4) is 0 Å². The Bertz CT molecular complexity index is 2070. The lowest BCUT2D eigenvalue weighted by molar-refractivity contribution is -0.328. The van der Waals surface area contributed by atoms with Crippen LogP contribution < -0.4 is 0 Å². The molecule has 2 aliphatic heterocycles. The summed E-state index contributed by atoms with van der Waals surface area (Å²) in [5.74, 6) is -1.96. The molecule has 2 aromatic rings. The van der Waals surface area contributed by atoms with Gasteiger partial charge in [0.15, 0.2) is 12.6 Å². The Morgan fingerprint density at radius 1 is 0.892 bits per heavy atom. The van der Waals surface area contributed by atoms with Gasteiger partial charge in [-0.3, -0.25) is 4.98 Å². The monoisotopic (exact) mass is 905 g/mol. The van der Waals surface area contributed by atoms with Crippen molar-refractivity contribution >= 4 is 18.0 Å². The van der Waals surface area contributed by atoms with Crippen LogP contribution in [-0.4, -0.2) is 136 Å². The highest BCUT2D eigenvalue weighted by molar-refractivity contribution is 5.89.